The zero-order valence-corrected chi connectivity index (χ0v) is 9.80. The molecule has 0 radical (unpaired) electrons. The summed E-state index contributed by atoms with van der Waals surface area (Å²) in [5, 5.41) is 9.07. The molecule has 0 aliphatic heterocycles. The van der Waals surface area contributed by atoms with Crippen molar-refractivity contribution in [2.45, 2.75) is 19.8 Å². The van der Waals surface area contributed by atoms with Crippen LogP contribution in [-0.2, 0) is 6.42 Å². The lowest BCUT2D eigenvalue weighted by molar-refractivity contribution is 0.0696. The number of aryl methyl sites for hydroxylation is 1. The molecule has 1 N–H and O–H groups in total. The summed E-state index contributed by atoms with van der Waals surface area (Å²) in [6.07, 6.45) is 5.77. The quantitative estimate of drug-likeness (QED) is 0.900. The van der Waals surface area contributed by atoms with Crippen LogP contribution in [-0.4, -0.2) is 25.6 Å². The minimum absolute atomic E-state index is 0.176. The van der Waals surface area contributed by atoms with E-state index in [1.54, 1.807) is 17.0 Å². The van der Waals surface area contributed by atoms with E-state index in [4.69, 9.17) is 5.11 Å². The zero-order chi connectivity index (χ0) is 13.1. The highest BCUT2D eigenvalue weighted by Crippen LogP contribution is 2.16. The Hall–Kier alpha value is -2.24. The third-order valence-electron chi connectivity index (χ3n) is 2.48. The van der Waals surface area contributed by atoms with Gasteiger partial charge in [0.05, 0.1) is 6.20 Å². The van der Waals surface area contributed by atoms with Crippen molar-refractivity contribution in [1.82, 2.24) is 14.5 Å². The Morgan fingerprint density at radius 1 is 1.50 bits per heavy atom. The Kier molecular flexibility index (Phi) is 3.36. The van der Waals surface area contributed by atoms with Crippen molar-refractivity contribution in [3.05, 3.63) is 41.9 Å². The van der Waals surface area contributed by atoms with Crippen molar-refractivity contribution in [2.75, 3.05) is 0 Å². The van der Waals surface area contributed by atoms with E-state index in [2.05, 4.69) is 9.97 Å². The normalized spacial score (nSPS) is 10.6. The van der Waals surface area contributed by atoms with Gasteiger partial charge >= 0.3 is 5.97 Å². The Morgan fingerprint density at radius 2 is 2.28 bits per heavy atom. The van der Waals surface area contributed by atoms with Gasteiger partial charge < -0.3 is 5.11 Å². The van der Waals surface area contributed by atoms with E-state index in [1.165, 1.54) is 0 Å². The van der Waals surface area contributed by atoms with E-state index >= 15 is 0 Å². The molecule has 0 bridgehead atoms. The number of rotatable bonds is 4. The molecule has 0 saturated carbocycles. The summed E-state index contributed by atoms with van der Waals surface area (Å²) in [4.78, 5) is 19.1. The molecule has 2 aromatic rings. The molecule has 94 valence electrons. The summed E-state index contributed by atoms with van der Waals surface area (Å²) in [5.74, 6) is -0.995. The van der Waals surface area contributed by atoms with Gasteiger partial charge in [-0.05, 0) is 12.5 Å². The number of aromatic nitrogens is 3. The second kappa shape index (κ2) is 4.95. The van der Waals surface area contributed by atoms with Crippen LogP contribution in [0.2, 0.25) is 0 Å². The van der Waals surface area contributed by atoms with Crippen molar-refractivity contribution in [3.63, 3.8) is 0 Å². The summed E-state index contributed by atoms with van der Waals surface area (Å²) < 4.78 is 14.6. The van der Waals surface area contributed by atoms with E-state index in [9.17, 15) is 9.18 Å². The third-order valence-corrected chi connectivity index (χ3v) is 2.48. The van der Waals surface area contributed by atoms with Gasteiger partial charge in [-0.3, -0.25) is 4.57 Å². The van der Waals surface area contributed by atoms with Gasteiger partial charge in [0.25, 0.3) is 0 Å². The first-order valence-electron chi connectivity index (χ1n) is 5.55. The van der Waals surface area contributed by atoms with Crippen molar-refractivity contribution in [3.8, 4) is 5.82 Å². The van der Waals surface area contributed by atoms with Crippen LogP contribution in [0, 0.1) is 5.82 Å². The predicted octanol–water partition coefficient (Wildman–Crippen LogP) is 2.06. The van der Waals surface area contributed by atoms with Gasteiger partial charge in [0, 0.05) is 18.8 Å². The van der Waals surface area contributed by atoms with Crippen LogP contribution < -0.4 is 0 Å². The maximum Gasteiger partial charge on any atom is 0.339 e. The molecule has 2 aromatic heterocycles. The number of carboxylic acid groups (broad SMARTS) is 1. The summed E-state index contributed by atoms with van der Waals surface area (Å²) in [5.41, 5.74) is -0.176. The van der Waals surface area contributed by atoms with Gasteiger partial charge in [0.2, 0.25) is 0 Å². The molecule has 0 aliphatic rings. The van der Waals surface area contributed by atoms with Crippen molar-refractivity contribution in [1.29, 1.82) is 0 Å². The molecule has 0 aliphatic carbocycles. The molecule has 5 nitrogen and oxygen atoms in total. The minimum atomic E-state index is -1.21. The molecule has 2 heterocycles. The van der Waals surface area contributed by atoms with Crippen LogP contribution in [0.1, 0.15) is 29.5 Å². The number of pyridine rings is 1. The first kappa shape index (κ1) is 12.2. The van der Waals surface area contributed by atoms with E-state index in [0.29, 0.717) is 12.2 Å². The topological polar surface area (TPSA) is 68.0 Å². The largest absolute Gasteiger partial charge is 0.478 e. The lowest BCUT2D eigenvalue weighted by Crippen LogP contribution is -2.10. The van der Waals surface area contributed by atoms with E-state index in [1.807, 2.05) is 6.92 Å². The number of halogens is 1. The average molecular weight is 249 g/mol. The zero-order valence-electron chi connectivity index (χ0n) is 9.80. The molecule has 0 fully saturated rings. The first-order chi connectivity index (χ1) is 8.63. The summed E-state index contributed by atoms with van der Waals surface area (Å²) >= 11 is 0. The highest BCUT2D eigenvalue weighted by atomic mass is 19.1. The molecule has 0 saturated heterocycles. The highest BCUT2D eigenvalue weighted by molar-refractivity contribution is 5.91. The van der Waals surface area contributed by atoms with Gasteiger partial charge in [0.15, 0.2) is 5.82 Å². The van der Waals surface area contributed by atoms with Crippen LogP contribution in [0.4, 0.5) is 4.39 Å². The fraction of sp³-hybridized carbons (Fsp3) is 0.250. The van der Waals surface area contributed by atoms with Gasteiger partial charge in [-0.25, -0.2) is 19.2 Å². The van der Waals surface area contributed by atoms with Crippen LogP contribution >= 0.6 is 0 Å². The summed E-state index contributed by atoms with van der Waals surface area (Å²) in [6.45, 7) is 2.00. The van der Waals surface area contributed by atoms with Gasteiger partial charge in [-0.2, -0.15) is 0 Å². The van der Waals surface area contributed by atoms with Crippen molar-refractivity contribution < 1.29 is 14.3 Å². The summed E-state index contributed by atoms with van der Waals surface area (Å²) in [7, 11) is 0. The Balaban J connectivity index is 2.56. The molecule has 0 unspecified atom stereocenters. The van der Waals surface area contributed by atoms with Gasteiger partial charge in [0.1, 0.15) is 17.2 Å². The monoisotopic (exact) mass is 249 g/mol. The Bertz CT molecular complexity index is 580. The van der Waals surface area contributed by atoms with Crippen LogP contribution in [0.5, 0.6) is 0 Å². The standard InChI is InChI=1S/C12H12FN3O2/c1-2-3-10-14-4-5-16(10)11-9(12(17)18)6-8(13)7-15-11/h4-7H,2-3H2,1H3,(H,17,18). The van der Waals surface area contributed by atoms with Crippen molar-refractivity contribution in [2.24, 2.45) is 0 Å². The fourth-order valence-electron chi connectivity index (χ4n) is 1.72. The first-order valence-corrected chi connectivity index (χ1v) is 5.55. The van der Waals surface area contributed by atoms with Crippen LogP contribution in [0.15, 0.2) is 24.7 Å². The van der Waals surface area contributed by atoms with Crippen LogP contribution in [0.25, 0.3) is 5.82 Å². The maximum absolute atomic E-state index is 13.0. The van der Waals surface area contributed by atoms with Gasteiger partial charge in [-0.1, -0.05) is 6.92 Å². The molecule has 6 heteroatoms. The Labute approximate surface area is 103 Å². The molecular formula is C12H12FN3O2. The molecule has 0 amide bonds. The van der Waals surface area contributed by atoms with E-state index in [-0.39, 0.29) is 11.4 Å². The number of aromatic carboxylic acids is 1. The maximum atomic E-state index is 13.0. The molecule has 0 spiro atoms. The van der Waals surface area contributed by atoms with E-state index in [0.717, 1.165) is 18.7 Å². The van der Waals surface area contributed by atoms with Gasteiger partial charge in [-0.15, -0.1) is 0 Å². The predicted molar refractivity (Wildman–Crippen MR) is 62.3 cm³/mol. The third kappa shape index (κ3) is 2.22. The van der Waals surface area contributed by atoms with Crippen molar-refractivity contribution >= 4 is 5.97 Å². The molecule has 0 atom stereocenters. The summed E-state index contributed by atoms with van der Waals surface area (Å²) in [6, 6.07) is 0.959. The average Bonchev–Trinajstić information content (AvgIpc) is 2.77. The molecular weight excluding hydrogens is 237 g/mol. The molecule has 2 rings (SSSR count). The number of hydrogen-bond donors (Lipinski definition) is 1. The SMILES string of the molecule is CCCc1nccn1-c1ncc(F)cc1C(=O)O. The molecule has 18 heavy (non-hydrogen) atoms. The smallest absolute Gasteiger partial charge is 0.339 e. The lowest BCUT2D eigenvalue weighted by atomic mass is 10.2. The minimum Gasteiger partial charge on any atom is -0.478 e. The second-order valence-electron chi connectivity index (χ2n) is 3.79. The van der Waals surface area contributed by atoms with Crippen LogP contribution in [0.3, 0.4) is 0 Å². The number of hydrogen-bond acceptors (Lipinski definition) is 3. The Morgan fingerprint density at radius 3 is 2.94 bits per heavy atom. The fourth-order valence-corrected chi connectivity index (χ4v) is 1.72. The number of imidazole rings is 1. The number of carboxylic acids is 1. The number of nitrogens with zero attached hydrogens (tertiary/aromatic N) is 3. The lowest BCUT2D eigenvalue weighted by Gasteiger charge is -2.09. The highest BCUT2D eigenvalue weighted by Gasteiger charge is 2.16. The second-order valence-corrected chi connectivity index (χ2v) is 3.79. The number of carbonyl (C=O) groups is 1. The van der Waals surface area contributed by atoms with E-state index < -0.39 is 11.8 Å². The molecule has 0 aromatic carbocycles.